The molecule has 7 heteroatoms. The van der Waals surface area contributed by atoms with Gasteiger partial charge in [0, 0.05) is 12.8 Å². The normalized spacial score (nSPS) is 11.5. The molecule has 0 aliphatic rings. The summed E-state index contributed by atoms with van der Waals surface area (Å²) in [6, 6.07) is 7.06. The van der Waals surface area contributed by atoms with Crippen LogP contribution in [0.5, 0.6) is 5.88 Å². The quantitative estimate of drug-likeness (QED) is 0.741. The van der Waals surface area contributed by atoms with Gasteiger partial charge in [-0.1, -0.05) is 31.5 Å². The van der Waals surface area contributed by atoms with E-state index in [4.69, 9.17) is 0 Å². The summed E-state index contributed by atoms with van der Waals surface area (Å²) in [5.74, 6) is -0.413. The fourth-order valence-electron chi connectivity index (χ4n) is 2.48. The molecule has 7 nitrogen and oxygen atoms in total. The van der Waals surface area contributed by atoms with Gasteiger partial charge in [0.2, 0.25) is 5.88 Å². The summed E-state index contributed by atoms with van der Waals surface area (Å²) in [5, 5.41) is 10.4. The first-order chi connectivity index (χ1) is 12.0. The Morgan fingerprint density at radius 3 is 2.44 bits per heavy atom. The number of aliphatic imine (C=N–C) groups is 1. The second-order valence-electron chi connectivity index (χ2n) is 5.73. The first-order valence-electron chi connectivity index (χ1n) is 8.35. The molecule has 2 N–H and O–H groups in total. The van der Waals surface area contributed by atoms with Crippen molar-refractivity contribution in [3.05, 3.63) is 56.2 Å². The Morgan fingerprint density at radius 2 is 1.84 bits per heavy atom. The lowest BCUT2D eigenvalue weighted by Crippen LogP contribution is -2.31. The Balaban J connectivity index is 2.33. The molecule has 0 spiro atoms. The van der Waals surface area contributed by atoms with E-state index in [1.165, 1.54) is 6.21 Å². The van der Waals surface area contributed by atoms with Crippen molar-refractivity contribution in [2.45, 2.75) is 20.8 Å². The molecule has 0 radical (unpaired) electrons. The summed E-state index contributed by atoms with van der Waals surface area (Å²) in [6.07, 6.45) is 1.32. The molecule has 0 unspecified atom stereocenters. The average molecular weight is 344 g/mol. The highest BCUT2D eigenvalue weighted by Crippen LogP contribution is 2.15. The van der Waals surface area contributed by atoms with Gasteiger partial charge < -0.3 is 10.0 Å². The van der Waals surface area contributed by atoms with Crippen molar-refractivity contribution in [3.8, 4) is 11.6 Å². The lowest BCUT2D eigenvalue weighted by Gasteiger charge is -2.15. The molecule has 0 atom stereocenters. The van der Waals surface area contributed by atoms with Gasteiger partial charge >= 0.3 is 5.69 Å². The number of nitrogens with one attached hydrogen (secondary N) is 1. The zero-order valence-corrected chi connectivity index (χ0v) is 14.8. The summed E-state index contributed by atoms with van der Waals surface area (Å²) in [7, 11) is 0. The zero-order chi connectivity index (χ0) is 18.4. The van der Waals surface area contributed by atoms with Crippen LogP contribution in [0.15, 0.2) is 38.8 Å². The number of aromatic nitrogens is 2. The molecule has 0 saturated carbocycles. The van der Waals surface area contributed by atoms with Crippen LogP contribution in [0, 0.1) is 6.92 Å². The molecule has 1 heterocycles. The molecule has 2 rings (SSSR count). The van der Waals surface area contributed by atoms with Crippen molar-refractivity contribution in [1.82, 2.24) is 14.5 Å². The van der Waals surface area contributed by atoms with Crippen LogP contribution in [0.1, 0.15) is 25.0 Å². The van der Waals surface area contributed by atoms with E-state index < -0.39 is 17.1 Å². The van der Waals surface area contributed by atoms with Crippen LogP contribution in [-0.4, -0.2) is 52.0 Å². The summed E-state index contributed by atoms with van der Waals surface area (Å²) >= 11 is 0. The number of likely N-dealkylation sites (N-methyl/N-ethyl adjacent to an activating group) is 1. The van der Waals surface area contributed by atoms with Crippen LogP contribution < -0.4 is 11.2 Å². The molecule has 2 aromatic rings. The highest BCUT2D eigenvalue weighted by molar-refractivity contribution is 5.82. The van der Waals surface area contributed by atoms with E-state index in [0.29, 0.717) is 12.2 Å². The third kappa shape index (κ3) is 4.45. The van der Waals surface area contributed by atoms with Gasteiger partial charge in [-0.25, -0.2) is 9.36 Å². The first kappa shape index (κ1) is 18.7. The van der Waals surface area contributed by atoms with E-state index in [1.807, 2.05) is 19.1 Å². The van der Waals surface area contributed by atoms with E-state index in [1.54, 1.807) is 12.1 Å². The van der Waals surface area contributed by atoms with Crippen LogP contribution in [0.3, 0.4) is 0 Å². The topological polar surface area (TPSA) is 90.7 Å². The third-order valence-corrected chi connectivity index (χ3v) is 4.07. The monoisotopic (exact) mass is 344 g/mol. The fraction of sp³-hybridized carbons (Fsp3) is 0.389. The van der Waals surface area contributed by atoms with Crippen molar-refractivity contribution < 1.29 is 5.11 Å². The second-order valence-corrected chi connectivity index (χ2v) is 5.73. The Labute approximate surface area is 146 Å². The standard InChI is InChI=1S/C18H24N4O3/c1-4-21(5-2)11-10-19-12-15-16(23)20-18(25)22(17(15)24)14-8-6-13(3)7-9-14/h6-9,12,24H,4-5,10-11H2,1-3H3,(H,20,23,25). The maximum absolute atomic E-state index is 12.1. The number of rotatable bonds is 7. The number of hydrogen-bond acceptors (Lipinski definition) is 5. The van der Waals surface area contributed by atoms with Crippen LogP contribution in [0.4, 0.5) is 0 Å². The van der Waals surface area contributed by atoms with Crippen molar-refractivity contribution in [1.29, 1.82) is 0 Å². The van der Waals surface area contributed by atoms with Gasteiger partial charge in [-0.3, -0.25) is 14.8 Å². The minimum Gasteiger partial charge on any atom is -0.493 e. The number of H-pyrrole nitrogens is 1. The smallest absolute Gasteiger partial charge is 0.335 e. The fourth-order valence-corrected chi connectivity index (χ4v) is 2.48. The Bertz CT molecular complexity index is 846. The maximum Gasteiger partial charge on any atom is 0.335 e. The van der Waals surface area contributed by atoms with Gasteiger partial charge in [0.25, 0.3) is 5.56 Å². The molecule has 0 aliphatic heterocycles. The van der Waals surface area contributed by atoms with E-state index in [0.717, 1.165) is 29.8 Å². The predicted molar refractivity (Wildman–Crippen MR) is 99.3 cm³/mol. The van der Waals surface area contributed by atoms with E-state index in [2.05, 4.69) is 28.7 Å². The number of nitrogens with zero attached hydrogens (tertiary/aromatic N) is 3. The molecular weight excluding hydrogens is 320 g/mol. The summed E-state index contributed by atoms with van der Waals surface area (Å²) in [6.45, 7) is 9.19. The zero-order valence-electron chi connectivity index (χ0n) is 14.8. The van der Waals surface area contributed by atoms with Gasteiger partial charge in [-0.05, 0) is 32.1 Å². The summed E-state index contributed by atoms with van der Waals surface area (Å²) < 4.78 is 1.06. The first-order valence-corrected chi connectivity index (χ1v) is 8.35. The van der Waals surface area contributed by atoms with E-state index >= 15 is 0 Å². The van der Waals surface area contributed by atoms with Crippen molar-refractivity contribution >= 4 is 6.21 Å². The Morgan fingerprint density at radius 1 is 1.20 bits per heavy atom. The van der Waals surface area contributed by atoms with Gasteiger partial charge in [-0.15, -0.1) is 0 Å². The second kappa shape index (κ2) is 8.43. The number of hydrogen-bond donors (Lipinski definition) is 2. The van der Waals surface area contributed by atoms with Crippen molar-refractivity contribution in [2.75, 3.05) is 26.2 Å². The van der Waals surface area contributed by atoms with Gasteiger partial charge in [0.15, 0.2) is 0 Å². The average Bonchev–Trinajstić information content (AvgIpc) is 2.59. The highest BCUT2D eigenvalue weighted by atomic mass is 16.3. The third-order valence-electron chi connectivity index (χ3n) is 4.07. The van der Waals surface area contributed by atoms with Crippen LogP contribution in [0.25, 0.3) is 5.69 Å². The molecule has 0 fully saturated rings. The lowest BCUT2D eigenvalue weighted by atomic mass is 10.2. The van der Waals surface area contributed by atoms with Crippen LogP contribution >= 0.6 is 0 Å². The molecule has 1 aromatic carbocycles. The van der Waals surface area contributed by atoms with Gasteiger partial charge in [0.1, 0.15) is 5.56 Å². The van der Waals surface area contributed by atoms with E-state index in [-0.39, 0.29) is 5.56 Å². The largest absolute Gasteiger partial charge is 0.493 e. The molecule has 0 aliphatic carbocycles. The predicted octanol–water partition coefficient (Wildman–Crippen LogP) is 1.30. The molecule has 0 amide bonds. The maximum atomic E-state index is 12.1. The Kier molecular flexibility index (Phi) is 6.30. The van der Waals surface area contributed by atoms with Crippen LogP contribution in [0.2, 0.25) is 0 Å². The summed E-state index contributed by atoms with van der Waals surface area (Å²) in [4.78, 5) is 32.7. The van der Waals surface area contributed by atoms with Crippen molar-refractivity contribution in [2.24, 2.45) is 4.99 Å². The van der Waals surface area contributed by atoms with Gasteiger partial charge in [0.05, 0.1) is 12.2 Å². The molecule has 0 bridgehead atoms. The number of benzene rings is 1. The molecule has 134 valence electrons. The lowest BCUT2D eigenvalue weighted by molar-refractivity contribution is 0.313. The number of aromatic hydroxyl groups is 1. The summed E-state index contributed by atoms with van der Waals surface area (Å²) in [5.41, 5.74) is 0.129. The molecule has 0 saturated heterocycles. The van der Waals surface area contributed by atoms with E-state index in [9.17, 15) is 14.7 Å². The Hall–Kier alpha value is -2.67. The molecule has 1 aromatic heterocycles. The number of aromatic amines is 1. The van der Waals surface area contributed by atoms with Crippen LogP contribution in [-0.2, 0) is 0 Å². The van der Waals surface area contributed by atoms with Crippen molar-refractivity contribution in [3.63, 3.8) is 0 Å². The SMILES string of the molecule is CCN(CC)CCN=Cc1c(O)n(-c2ccc(C)cc2)c(=O)[nH]c1=O. The molecule has 25 heavy (non-hydrogen) atoms. The molecular formula is C18H24N4O3. The highest BCUT2D eigenvalue weighted by Gasteiger charge is 2.13. The van der Waals surface area contributed by atoms with Gasteiger partial charge in [-0.2, -0.15) is 0 Å². The minimum absolute atomic E-state index is 0.0280. The minimum atomic E-state index is -0.688. The number of aryl methyl sites for hydroxylation is 1.